The fraction of sp³-hybridized carbons (Fsp3) is 0.440. The minimum absolute atomic E-state index is 0.0625. The molecular weight excluding hydrogens is 428 g/mol. The average Bonchev–Trinajstić information content (AvgIpc) is 3.40. The van der Waals surface area contributed by atoms with Crippen molar-refractivity contribution in [3.8, 4) is 11.5 Å². The first kappa shape index (κ1) is 23.1. The molecule has 8 nitrogen and oxygen atoms in total. The van der Waals surface area contributed by atoms with Crippen molar-refractivity contribution < 1.29 is 38.0 Å². The van der Waals surface area contributed by atoms with Crippen LogP contribution in [0.1, 0.15) is 40.0 Å². The first-order chi connectivity index (χ1) is 16.0. The van der Waals surface area contributed by atoms with Gasteiger partial charge in [0.1, 0.15) is 30.3 Å². The third-order valence-electron chi connectivity index (χ3n) is 6.34. The van der Waals surface area contributed by atoms with E-state index in [-0.39, 0.29) is 12.5 Å². The summed E-state index contributed by atoms with van der Waals surface area (Å²) in [6.45, 7) is -0.0625. The van der Waals surface area contributed by atoms with Crippen LogP contribution >= 0.6 is 0 Å². The minimum atomic E-state index is -0.845. The number of hydrogen-bond acceptors (Lipinski definition) is 8. The second kappa shape index (κ2) is 9.80. The van der Waals surface area contributed by atoms with Gasteiger partial charge >= 0.3 is 11.9 Å². The Kier molecular flexibility index (Phi) is 6.85. The van der Waals surface area contributed by atoms with Crippen LogP contribution in [0.2, 0.25) is 0 Å². The third kappa shape index (κ3) is 4.67. The van der Waals surface area contributed by atoms with E-state index in [9.17, 15) is 9.59 Å². The van der Waals surface area contributed by atoms with Crippen LogP contribution in [0.3, 0.4) is 0 Å². The van der Waals surface area contributed by atoms with Gasteiger partial charge < -0.3 is 28.4 Å². The Bertz CT molecular complexity index is 971. The van der Waals surface area contributed by atoms with E-state index >= 15 is 0 Å². The molecule has 4 rings (SSSR count). The van der Waals surface area contributed by atoms with E-state index in [0.717, 1.165) is 12.8 Å². The highest BCUT2D eigenvalue weighted by Crippen LogP contribution is 2.49. The molecule has 1 heterocycles. The van der Waals surface area contributed by atoms with Crippen molar-refractivity contribution in [3.63, 3.8) is 0 Å². The van der Waals surface area contributed by atoms with E-state index in [1.165, 1.54) is 0 Å². The molecule has 1 aliphatic heterocycles. The highest BCUT2D eigenvalue weighted by atomic mass is 16.7. The molecule has 0 bridgehead atoms. The molecule has 0 radical (unpaired) electrons. The summed E-state index contributed by atoms with van der Waals surface area (Å²) in [6.07, 6.45) is 1.13. The van der Waals surface area contributed by atoms with Crippen LogP contribution in [-0.2, 0) is 18.9 Å². The van der Waals surface area contributed by atoms with Crippen molar-refractivity contribution >= 4 is 11.9 Å². The normalized spacial score (nSPS) is 25.8. The van der Waals surface area contributed by atoms with Gasteiger partial charge in [0, 0.05) is 13.5 Å². The van der Waals surface area contributed by atoms with E-state index < -0.39 is 29.9 Å². The number of carbonyl (C=O) groups excluding carboxylic acids is 2. The molecule has 1 aliphatic carbocycles. The second-order valence-corrected chi connectivity index (χ2v) is 8.10. The Morgan fingerprint density at radius 2 is 1.48 bits per heavy atom. The van der Waals surface area contributed by atoms with E-state index in [2.05, 4.69) is 0 Å². The van der Waals surface area contributed by atoms with E-state index in [0.29, 0.717) is 29.0 Å². The van der Waals surface area contributed by atoms with E-state index in [1.807, 2.05) is 0 Å². The van der Waals surface area contributed by atoms with Crippen molar-refractivity contribution in [2.45, 2.75) is 37.3 Å². The van der Waals surface area contributed by atoms with E-state index in [1.54, 1.807) is 69.9 Å². The van der Waals surface area contributed by atoms with Crippen molar-refractivity contribution in [2.75, 3.05) is 27.9 Å². The summed E-state index contributed by atoms with van der Waals surface area (Å²) >= 11 is 0. The van der Waals surface area contributed by atoms with Crippen molar-refractivity contribution in [3.05, 3.63) is 59.7 Å². The van der Waals surface area contributed by atoms with Gasteiger partial charge in [-0.15, -0.1) is 0 Å². The molecule has 33 heavy (non-hydrogen) atoms. The molecule has 0 spiro atoms. The number of methoxy groups -OCH3 is 3. The number of carbonyl (C=O) groups is 2. The van der Waals surface area contributed by atoms with Gasteiger partial charge in [-0.05, 0) is 61.4 Å². The van der Waals surface area contributed by atoms with Gasteiger partial charge in [0.2, 0.25) is 0 Å². The maximum absolute atomic E-state index is 12.9. The van der Waals surface area contributed by atoms with Crippen LogP contribution in [0.25, 0.3) is 0 Å². The van der Waals surface area contributed by atoms with Crippen LogP contribution in [0.15, 0.2) is 48.5 Å². The second-order valence-electron chi connectivity index (χ2n) is 8.10. The maximum Gasteiger partial charge on any atom is 0.338 e. The number of esters is 2. The highest BCUT2D eigenvalue weighted by Gasteiger charge is 2.59. The zero-order valence-corrected chi connectivity index (χ0v) is 18.9. The lowest BCUT2D eigenvalue weighted by molar-refractivity contribution is -0.225. The quantitative estimate of drug-likeness (QED) is 0.557. The summed E-state index contributed by atoms with van der Waals surface area (Å²) in [5.74, 6) is -0.669. The topological polar surface area (TPSA) is 89.5 Å². The Hall–Kier alpha value is -3.10. The first-order valence-corrected chi connectivity index (χ1v) is 10.9. The van der Waals surface area contributed by atoms with Gasteiger partial charge in [-0.3, -0.25) is 0 Å². The molecular formula is C25H28O8. The number of hydrogen-bond donors (Lipinski definition) is 0. The van der Waals surface area contributed by atoms with Crippen LogP contribution in [0, 0.1) is 5.92 Å². The van der Waals surface area contributed by atoms with E-state index in [4.69, 9.17) is 28.4 Å². The monoisotopic (exact) mass is 456 g/mol. The fourth-order valence-corrected chi connectivity index (χ4v) is 4.59. The predicted octanol–water partition coefficient (Wildman–Crippen LogP) is 3.63. The molecule has 176 valence electrons. The van der Waals surface area contributed by atoms with Crippen molar-refractivity contribution in [1.29, 1.82) is 0 Å². The van der Waals surface area contributed by atoms with Crippen LogP contribution < -0.4 is 9.47 Å². The molecule has 2 aliphatic rings. The molecule has 2 fully saturated rings. The summed E-state index contributed by atoms with van der Waals surface area (Å²) in [7, 11) is 4.71. The first-order valence-electron chi connectivity index (χ1n) is 10.9. The molecule has 2 aromatic rings. The lowest BCUT2D eigenvalue weighted by atomic mass is 9.95. The molecule has 2 aromatic carbocycles. The zero-order valence-electron chi connectivity index (χ0n) is 18.9. The predicted molar refractivity (Wildman–Crippen MR) is 117 cm³/mol. The van der Waals surface area contributed by atoms with Crippen LogP contribution in [0.4, 0.5) is 0 Å². The average molecular weight is 456 g/mol. The number of rotatable bonds is 8. The molecule has 1 saturated heterocycles. The Labute approximate surface area is 192 Å². The standard InChI is InChI=1S/C25H28O8/c1-28-18-10-6-16(7-11-18)23(26)31-15-21-22(20-5-4-14-25(20,30-3)33-21)32-24(27)17-8-12-19(29-2)13-9-17/h6-13,20-22H,4-5,14-15H2,1-3H3/t20-,21-,22+,25-/m1/s1. The van der Waals surface area contributed by atoms with Gasteiger partial charge in [0.15, 0.2) is 5.79 Å². The number of fused-ring (bicyclic) bond motifs is 1. The molecule has 0 aromatic heterocycles. The Balaban J connectivity index is 1.47. The summed E-state index contributed by atoms with van der Waals surface area (Å²) in [4.78, 5) is 25.4. The largest absolute Gasteiger partial charge is 0.497 e. The van der Waals surface area contributed by atoms with Crippen LogP contribution in [0.5, 0.6) is 11.5 Å². The summed E-state index contributed by atoms with van der Waals surface area (Å²) in [5.41, 5.74) is 0.792. The Morgan fingerprint density at radius 1 is 0.909 bits per heavy atom. The number of benzene rings is 2. The molecule has 0 amide bonds. The highest BCUT2D eigenvalue weighted by molar-refractivity contribution is 5.90. The maximum atomic E-state index is 12.9. The molecule has 8 heteroatoms. The van der Waals surface area contributed by atoms with Gasteiger partial charge in [0.25, 0.3) is 0 Å². The smallest absolute Gasteiger partial charge is 0.338 e. The lowest BCUT2D eigenvalue weighted by Crippen LogP contribution is -2.37. The third-order valence-corrected chi connectivity index (χ3v) is 6.34. The summed E-state index contributed by atoms with van der Waals surface area (Å²) < 4.78 is 33.6. The van der Waals surface area contributed by atoms with Crippen LogP contribution in [-0.4, -0.2) is 57.9 Å². The SMILES string of the molecule is COc1ccc(C(=O)OC[C@H]2O[C@]3(OC)CCC[C@@H]3[C@@H]2OC(=O)c2ccc(OC)cc2)cc1. The molecule has 4 atom stereocenters. The number of ether oxygens (including phenoxy) is 6. The summed E-state index contributed by atoms with van der Waals surface area (Å²) in [5, 5.41) is 0. The van der Waals surface area contributed by atoms with Gasteiger partial charge in [-0.25, -0.2) is 9.59 Å². The Morgan fingerprint density at radius 3 is 2.03 bits per heavy atom. The van der Waals surface area contributed by atoms with Crippen molar-refractivity contribution in [1.82, 2.24) is 0 Å². The minimum Gasteiger partial charge on any atom is -0.497 e. The molecule has 1 saturated carbocycles. The van der Waals surface area contributed by atoms with Gasteiger partial charge in [-0.2, -0.15) is 0 Å². The van der Waals surface area contributed by atoms with Crippen molar-refractivity contribution in [2.24, 2.45) is 5.92 Å². The molecule has 0 N–H and O–H groups in total. The lowest BCUT2D eigenvalue weighted by Gasteiger charge is -2.27. The van der Waals surface area contributed by atoms with Gasteiger partial charge in [0.05, 0.1) is 31.3 Å². The molecule has 0 unspecified atom stereocenters. The fourth-order valence-electron chi connectivity index (χ4n) is 4.59. The zero-order chi connectivity index (χ0) is 23.4. The summed E-state index contributed by atoms with van der Waals surface area (Å²) in [6, 6.07) is 13.3. The van der Waals surface area contributed by atoms with Gasteiger partial charge in [-0.1, -0.05) is 0 Å².